The SMILES string of the molecule is OC(Cc1ccc(F)cc1)c1cc(F)ccc1Cl. The molecule has 0 heterocycles. The fourth-order valence-corrected chi connectivity index (χ4v) is 1.97. The molecule has 0 radical (unpaired) electrons. The van der Waals surface area contributed by atoms with Gasteiger partial charge in [0, 0.05) is 17.0 Å². The summed E-state index contributed by atoms with van der Waals surface area (Å²) >= 11 is 5.90. The highest BCUT2D eigenvalue weighted by atomic mass is 35.5. The molecular weight excluding hydrogens is 258 g/mol. The molecule has 4 heteroatoms. The molecule has 0 fully saturated rings. The average molecular weight is 269 g/mol. The van der Waals surface area contributed by atoms with Crippen molar-refractivity contribution in [3.63, 3.8) is 0 Å². The first-order chi connectivity index (χ1) is 8.56. The van der Waals surface area contributed by atoms with E-state index in [0.717, 1.165) is 5.56 Å². The van der Waals surface area contributed by atoms with E-state index >= 15 is 0 Å². The van der Waals surface area contributed by atoms with Crippen LogP contribution < -0.4 is 0 Å². The van der Waals surface area contributed by atoms with E-state index in [1.807, 2.05) is 0 Å². The van der Waals surface area contributed by atoms with Gasteiger partial charge < -0.3 is 5.11 Å². The third-order valence-electron chi connectivity index (χ3n) is 2.66. The summed E-state index contributed by atoms with van der Waals surface area (Å²) in [6, 6.07) is 9.62. The van der Waals surface area contributed by atoms with Gasteiger partial charge in [-0.3, -0.25) is 0 Å². The van der Waals surface area contributed by atoms with Gasteiger partial charge in [0.25, 0.3) is 0 Å². The molecule has 0 saturated heterocycles. The standard InChI is InChI=1S/C14H11ClF2O/c15-13-6-5-11(17)8-12(13)14(18)7-9-1-3-10(16)4-2-9/h1-6,8,14,18H,7H2. The summed E-state index contributed by atoms with van der Waals surface area (Å²) in [7, 11) is 0. The fourth-order valence-electron chi connectivity index (χ4n) is 1.72. The number of hydrogen-bond donors (Lipinski definition) is 1. The van der Waals surface area contributed by atoms with Crippen LogP contribution in [0.5, 0.6) is 0 Å². The van der Waals surface area contributed by atoms with Crippen LogP contribution in [-0.2, 0) is 6.42 Å². The Morgan fingerprint density at radius 1 is 1.00 bits per heavy atom. The minimum atomic E-state index is -0.918. The van der Waals surface area contributed by atoms with Gasteiger partial charge in [-0.05, 0) is 35.9 Å². The molecule has 0 bridgehead atoms. The fraction of sp³-hybridized carbons (Fsp3) is 0.143. The van der Waals surface area contributed by atoms with Crippen molar-refractivity contribution in [2.75, 3.05) is 0 Å². The minimum absolute atomic E-state index is 0.253. The second-order valence-electron chi connectivity index (χ2n) is 4.01. The Morgan fingerprint density at radius 2 is 1.61 bits per heavy atom. The van der Waals surface area contributed by atoms with Gasteiger partial charge in [0.1, 0.15) is 11.6 Å². The summed E-state index contributed by atoms with van der Waals surface area (Å²) in [5.74, 6) is -0.787. The first-order valence-electron chi connectivity index (χ1n) is 5.44. The van der Waals surface area contributed by atoms with Crippen LogP contribution in [0.4, 0.5) is 8.78 Å². The predicted molar refractivity (Wildman–Crippen MR) is 66.5 cm³/mol. The van der Waals surface area contributed by atoms with Crippen molar-refractivity contribution in [3.05, 3.63) is 70.2 Å². The number of hydrogen-bond acceptors (Lipinski definition) is 1. The molecule has 0 aliphatic heterocycles. The number of halogens is 3. The molecule has 1 nitrogen and oxygen atoms in total. The molecule has 2 aromatic carbocycles. The van der Waals surface area contributed by atoms with Crippen molar-refractivity contribution in [2.45, 2.75) is 12.5 Å². The molecule has 0 aliphatic rings. The molecule has 0 amide bonds. The quantitative estimate of drug-likeness (QED) is 0.895. The Labute approximate surface area is 109 Å². The molecule has 0 aliphatic carbocycles. The van der Waals surface area contributed by atoms with Crippen LogP contribution in [-0.4, -0.2) is 5.11 Å². The Hall–Kier alpha value is -1.45. The summed E-state index contributed by atoms with van der Waals surface area (Å²) < 4.78 is 25.8. The number of aliphatic hydroxyl groups is 1. The first-order valence-corrected chi connectivity index (χ1v) is 5.81. The van der Waals surface area contributed by atoms with Crippen molar-refractivity contribution in [2.24, 2.45) is 0 Å². The Balaban J connectivity index is 2.18. The maximum absolute atomic E-state index is 13.1. The Kier molecular flexibility index (Phi) is 3.94. The van der Waals surface area contributed by atoms with E-state index < -0.39 is 11.9 Å². The van der Waals surface area contributed by atoms with Gasteiger partial charge >= 0.3 is 0 Å². The molecule has 0 aromatic heterocycles. The number of benzene rings is 2. The summed E-state index contributed by atoms with van der Waals surface area (Å²) in [6.45, 7) is 0. The second kappa shape index (κ2) is 5.46. The lowest BCUT2D eigenvalue weighted by Gasteiger charge is -2.13. The Bertz CT molecular complexity index is 540. The third-order valence-corrected chi connectivity index (χ3v) is 3.00. The summed E-state index contributed by atoms with van der Waals surface area (Å²) in [5, 5.41) is 10.3. The molecule has 2 aromatic rings. The smallest absolute Gasteiger partial charge is 0.123 e. The predicted octanol–water partition coefficient (Wildman–Crippen LogP) is 3.89. The highest BCUT2D eigenvalue weighted by molar-refractivity contribution is 6.31. The van der Waals surface area contributed by atoms with Crippen LogP contribution >= 0.6 is 11.6 Å². The van der Waals surface area contributed by atoms with Crippen LogP contribution in [0, 0.1) is 11.6 Å². The maximum atomic E-state index is 13.1. The van der Waals surface area contributed by atoms with E-state index in [2.05, 4.69) is 0 Å². The summed E-state index contributed by atoms with van der Waals surface area (Å²) in [5.41, 5.74) is 1.09. The van der Waals surface area contributed by atoms with Crippen molar-refractivity contribution in [1.82, 2.24) is 0 Å². The van der Waals surface area contributed by atoms with Gasteiger partial charge in [0.2, 0.25) is 0 Å². The molecule has 1 N–H and O–H groups in total. The molecule has 2 rings (SSSR count). The molecule has 0 spiro atoms. The van der Waals surface area contributed by atoms with Gasteiger partial charge in [0.15, 0.2) is 0 Å². The molecular formula is C14H11ClF2O. The molecule has 1 atom stereocenters. The lowest BCUT2D eigenvalue weighted by Crippen LogP contribution is -2.03. The first kappa shape index (κ1) is 13.0. The zero-order chi connectivity index (χ0) is 13.1. The molecule has 94 valence electrons. The topological polar surface area (TPSA) is 20.2 Å². The normalized spacial score (nSPS) is 12.4. The van der Waals surface area contributed by atoms with Gasteiger partial charge in [0.05, 0.1) is 6.10 Å². The van der Waals surface area contributed by atoms with Crippen molar-refractivity contribution in [1.29, 1.82) is 0 Å². The van der Waals surface area contributed by atoms with Gasteiger partial charge in [-0.1, -0.05) is 23.7 Å². The minimum Gasteiger partial charge on any atom is -0.388 e. The number of rotatable bonds is 3. The van der Waals surface area contributed by atoms with Crippen molar-refractivity contribution in [3.8, 4) is 0 Å². The van der Waals surface area contributed by atoms with E-state index in [4.69, 9.17) is 11.6 Å². The Morgan fingerprint density at radius 3 is 2.28 bits per heavy atom. The third kappa shape index (κ3) is 3.06. The zero-order valence-electron chi connectivity index (χ0n) is 9.41. The van der Waals surface area contributed by atoms with E-state index in [9.17, 15) is 13.9 Å². The van der Waals surface area contributed by atoms with Crippen molar-refractivity contribution < 1.29 is 13.9 Å². The lowest BCUT2D eigenvalue weighted by atomic mass is 10.0. The van der Waals surface area contributed by atoms with E-state index in [1.165, 1.54) is 30.3 Å². The highest BCUT2D eigenvalue weighted by Gasteiger charge is 2.13. The maximum Gasteiger partial charge on any atom is 0.123 e. The van der Waals surface area contributed by atoms with Gasteiger partial charge in [-0.15, -0.1) is 0 Å². The van der Waals surface area contributed by atoms with Crippen molar-refractivity contribution >= 4 is 11.6 Å². The van der Waals surface area contributed by atoms with E-state index in [1.54, 1.807) is 12.1 Å². The average Bonchev–Trinajstić information content (AvgIpc) is 2.35. The van der Waals surface area contributed by atoms with Crippen LogP contribution in [0.15, 0.2) is 42.5 Å². The summed E-state index contributed by atoms with van der Waals surface area (Å²) in [6.07, 6.45) is -0.664. The lowest BCUT2D eigenvalue weighted by molar-refractivity contribution is 0.178. The van der Waals surface area contributed by atoms with E-state index in [-0.39, 0.29) is 12.2 Å². The zero-order valence-corrected chi connectivity index (χ0v) is 10.2. The number of aliphatic hydroxyl groups excluding tert-OH is 1. The van der Waals surface area contributed by atoms with E-state index in [0.29, 0.717) is 10.6 Å². The molecule has 1 unspecified atom stereocenters. The van der Waals surface area contributed by atoms with Gasteiger partial charge in [-0.25, -0.2) is 8.78 Å². The molecule has 18 heavy (non-hydrogen) atoms. The van der Waals surface area contributed by atoms with Crippen LogP contribution in [0.1, 0.15) is 17.2 Å². The van der Waals surface area contributed by atoms with Crippen LogP contribution in [0.2, 0.25) is 5.02 Å². The monoisotopic (exact) mass is 268 g/mol. The van der Waals surface area contributed by atoms with Crippen LogP contribution in [0.25, 0.3) is 0 Å². The molecule has 0 saturated carbocycles. The summed E-state index contributed by atoms with van der Waals surface area (Å²) in [4.78, 5) is 0. The van der Waals surface area contributed by atoms with Gasteiger partial charge in [-0.2, -0.15) is 0 Å². The largest absolute Gasteiger partial charge is 0.388 e. The second-order valence-corrected chi connectivity index (χ2v) is 4.42. The van der Waals surface area contributed by atoms with Crippen LogP contribution in [0.3, 0.4) is 0 Å². The highest BCUT2D eigenvalue weighted by Crippen LogP contribution is 2.26.